The Bertz CT molecular complexity index is 336. The smallest absolute Gasteiger partial charge is 0.290 e. The summed E-state index contributed by atoms with van der Waals surface area (Å²) in [6.45, 7) is 3.54. The summed E-state index contributed by atoms with van der Waals surface area (Å²) in [5, 5.41) is 3.04. The van der Waals surface area contributed by atoms with Crippen molar-refractivity contribution in [2.75, 3.05) is 18.4 Å². The van der Waals surface area contributed by atoms with Crippen molar-refractivity contribution in [2.24, 2.45) is 11.7 Å². The number of aromatic amines is 1. The number of H-pyrrole nitrogens is 1. The minimum atomic E-state index is -0.180. The van der Waals surface area contributed by atoms with E-state index >= 15 is 0 Å². The van der Waals surface area contributed by atoms with Crippen molar-refractivity contribution >= 4 is 5.82 Å². The molecule has 1 rings (SSSR count). The Labute approximate surface area is 89.1 Å². The summed E-state index contributed by atoms with van der Waals surface area (Å²) in [4.78, 5) is 17.8. The number of nitrogens with two attached hydrogens (primary N) is 1. The molecule has 0 aliphatic heterocycles. The van der Waals surface area contributed by atoms with Gasteiger partial charge in [-0.2, -0.15) is 0 Å². The average Bonchev–Trinajstić information content (AvgIpc) is 2.26. The Morgan fingerprint density at radius 3 is 3.07 bits per heavy atom. The predicted octanol–water partition coefficient (Wildman–Crippen LogP) is 0.557. The molecular formula is C10H18N4O. The van der Waals surface area contributed by atoms with E-state index < -0.39 is 0 Å². The summed E-state index contributed by atoms with van der Waals surface area (Å²) in [6, 6.07) is 0. The van der Waals surface area contributed by atoms with Gasteiger partial charge in [0.15, 0.2) is 5.82 Å². The number of hydrogen-bond donors (Lipinski definition) is 3. The Morgan fingerprint density at radius 1 is 1.67 bits per heavy atom. The third kappa shape index (κ3) is 3.71. The zero-order valence-electron chi connectivity index (χ0n) is 8.99. The van der Waals surface area contributed by atoms with E-state index in [1.807, 2.05) is 0 Å². The highest BCUT2D eigenvalue weighted by atomic mass is 16.1. The van der Waals surface area contributed by atoms with Crippen molar-refractivity contribution < 1.29 is 0 Å². The van der Waals surface area contributed by atoms with E-state index in [4.69, 9.17) is 5.73 Å². The molecule has 1 unspecified atom stereocenters. The molecule has 0 saturated carbocycles. The predicted molar refractivity (Wildman–Crippen MR) is 60.8 cm³/mol. The molecule has 15 heavy (non-hydrogen) atoms. The van der Waals surface area contributed by atoms with Crippen molar-refractivity contribution in [3.63, 3.8) is 0 Å². The van der Waals surface area contributed by atoms with E-state index in [1.54, 1.807) is 6.20 Å². The van der Waals surface area contributed by atoms with Crippen LogP contribution < -0.4 is 16.6 Å². The molecule has 0 spiro atoms. The normalized spacial score (nSPS) is 12.4. The van der Waals surface area contributed by atoms with Gasteiger partial charge in [0.2, 0.25) is 0 Å². The SMILES string of the molecule is CCC(CCN)CNc1ncc[nH]c1=O. The Hall–Kier alpha value is -1.36. The molecule has 1 aromatic heterocycles. The van der Waals surface area contributed by atoms with Gasteiger partial charge in [0.05, 0.1) is 0 Å². The number of rotatable bonds is 6. The van der Waals surface area contributed by atoms with Crippen molar-refractivity contribution in [3.8, 4) is 0 Å². The summed E-state index contributed by atoms with van der Waals surface area (Å²) in [5.41, 5.74) is 5.31. The Morgan fingerprint density at radius 2 is 2.47 bits per heavy atom. The lowest BCUT2D eigenvalue weighted by Gasteiger charge is -2.14. The molecule has 4 N–H and O–H groups in total. The van der Waals surface area contributed by atoms with E-state index in [2.05, 4.69) is 22.2 Å². The molecule has 1 heterocycles. The Kier molecular flexibility index (Phi) is 4.83. The fraction of sp³-hybridized carbons (Fsp3) is 0.600. The molecule has 0 radical (unpaired) electrons. The lowest BCUT2D eigenvalue weighted by molar-refractivity contribution is 0.500. The van der Waals surface area contributed by atoms with Crippen LogP contribution in [-0.4, -0.2) is 23.1 Å². The topological polar surface area (TPSA) is 83.8 Å². The standard InChI is InChI=1S/C10H18N4O/c1-2-8(3-4-11)7-14-9-10(15)13-6-5-12-9/h5-6,8H,2-4,7,11H2,1H3,(H,12,14)(H,13,15). The summed E-state index contributed by atoms with van der Waals surface area (Å²) >= 11 is 0. The molecule has 0 bridgehead atoms. The van der Waals surface area contributed by atoms with Crippen molar-refractivity contribution in [3.05, 3.63) is 22.7 Å². The van der Waals surface area contributed by atoms with E-state index in [1.165, 1.54) is 6.20 Å². The molecule has 5 nitrogen and oxygen atoms in total. The van der Waals surface area contributed by atoms with E-state index in [0.29, 0.717) is 18.3 Å². The highest BCUT2D eigenvalue weighted by Crippen LogP contribution is 2.07. The van der Waals surface area contributed by atoms with Gasteiger partial charge in [-0.05, 0) is 18.9 Å². The molecular weight excluding hydrogens is 192 g/mol. The summed E-state index contributed by atoms with van der Waals surface area (Å²) < 4.78 is 0. The van der Waals surface area contributed by atoms with Gasteiger partial charge in [0.1, 0.15) is 0 Å². The van der Waals surface area contributed by atoms with Gasteiger partial charge in [-0.15, -0.1) is 0 Å². The summed E-state index contributed by atoms with van der Waals surface area (Å²) in [5.74, 6) is 0.879. The molecule has 0 aromatic carbocycles. The quantitative estimate of drug-likeness (QED) is 0.640. The highest BCUT2D eigenvalue weighted by molar-refractivity contribution is 5.29. The maximum atomic E-state index is 11.3. The van der Waals surface area contributed by atoms with Gasteiger partial charge in [-0.1, -0.05) is 13.3 Å². The molecule has 1 atom stereocenters. The van der Waals surface area contributed by atoms with Gasteiger partial charge >= 0.3 is 0 Å². The molecule has 0 aliphatic carbocycles. The van der Waals surface area contributed by atoms with Gasteiger partial charge in [0, 0.05) is 18.9 Å². The number of nitrogens with one attached hydrogen (secondary N) is 2. The van der Waals surface area contributed by atoms with E-state index in [0.717, 1.165) is 19.4 Å². The van der Waals surface area contributed by atoms with Crippen molar-refractivity contribution in [2.45, 2.75) is 19.8 Å². The van der Waals surface area contributed by atoms with Crippen LogP contribution in [0.3, 0.4) is 0 Å². The number of anilines is 1. The highest BCUT2D eigenvalue weighted by Gasteiger charge is 2.06. The fourth-order valence-corrected chi connectivity index (χ4v) is 1.40. The molecule has 84 valence electrons. The molecule has 5 heteroatoms. The largest absolute Gasteiger partial charge is 0.365 e. The number of aromatic nitrogens is 2. The first-order valence-corrected chi connectivity index (χ1v) is 5.25. The van der Waals surface area contributed by atoms with Crippen LogP contribution in [0.15, 0.2) is 17.2 Å². The average molecular weight is 210 g/mol. The van der Waals surface area contributed by atoms with Crippen LogP contribution in [0.4, 0.5) is 5.82 Å². The van der Waals surface area contributed by atoms with Crippen LogP contribution in [0.5, 0.6) is 0 Å². The lowest BCUT2D eigenvalue weighted by Crippen LogP contribution is -2.22. The van der Waals surface area contributed by atoms with Gasteiger partial charge in [-0.25, -0.2) is 4.98 Å². The minimum absolute atomic E-state index is 0.180. The first kappa shape index (κ1) is 11.7. The van der Waals surface area contributed by atoms with Gasteiger partial charge in [-0.3, -0.25) is 4.79 Å². The molecule has 0 fully saturated rings. The zero-order valence-corrected chi connectivity index (χ0v) is 8.99. The molecule has 0 amide bonds. The third-order valence-corrected chi connectivity index (χ3v) is 2.42. The van der Waals surface area contributed by atoms with Crippen LogP contribution in [0, 0.1) is 5.92 Å². The Balaban J connectivity index is 2.49. The fourth-order valence-electron chi connectivity index (χ4n) is 1.40. The van der Waals surface area contributed by atoms with Crippen molar-refractivity contribution in [1.82, 2.24) is 9.97 Å². The van der Waals surface area contributed by atoms with E-state index in [9.17, 15) is 4.79 Å². The van der Waals surface area contributed by atoms with Crippen molar-refractivity contribution in [1.29, 1.82) is 0 Å². The van der Waals surface area contributed by atoms with Crippen LogP contribution in [0.25, 0.3) is 0 Å². The molecule has 1 aromatic rings. The van der Waals surface area contributed by atoms with E-state index in [-0.39, 0.29) is 5.56 Å². The second-order valence-electron chi connectivity index (χ2n) is 3.50. The lowest BCUT2D eigenvalue weighted by atomic mass is 10.0. The second-order valence-corrected chi connectivity index (χ2v) is 3.50. The van der Waals surface area contributed by atoms with Gasteiger partial charge < -0.3 is 16.0 Å². The first-order valence-electron chi connectivity index (χ1n) is 5.25. The van der Waals surface area contributed by atoms with Crippen LogP contribution >= 0.6 is 0 Å². The maximum absolute atomic E-state index is 11.3. The minimum Gasteiger partial charge on any atom is -0.365 e. The molecule has 0 aliphatic rings. The van der Waals surface area contributed by atoms with Gasteiger partial charge in [0.25, 0.3) is 5.56 Å². The number of hydrogen-bond acceptors (Lipinski definition) is 4. The van der Waals surface area contributed by atoms with Crippen LogP contribution in [0.2, 0.25) is 0 Å². The summed E-state index contributed by atoms with van der Waals surface area (Å²) in [7, 11) is 0. The van der Waals surface area contributed by atoms with Crippen LogP contribution in [0.1, 0.15) is 19.8 Å². The van der Waals surface area contributed by atoms with Crippen LogP contribution in [-0.2, 0) is 0 Å². The number of nitrogens with zero attached hydrogens (tertiary/aromatic N) is 1. The second kappa shape index (κ2) is 6.19. The maximum Gasteiger partial charge on any atom is 0.290 e. The summed E-state index contributed by atoms with van der Waals surface area (Å²) in [6.07, 6.45) is 5.10. The zero-order chi connectivity index (χ0) is 11.1. The first-order chi connectivity index (χ1) is 7.27. The molecule has 0 saturated heterocycles. The monoisotopic (exact) mass is 210 g/mol. The third-order valence-electron chi connectivity index (χ3n) is 2.42.